The number of nitrogens with one attached hydrogen (secondary N) is 1. The molecule has 0 aliphatic rings. The first kappa shape index (κ1) is 12.9. The van der Waals surface area contributed by atoms with E-state index in [1.54, 1.807) is 30.5 Å². The zero-order valence-corrected chi connectivity index (χ0v) is 11.0. The lowest BCUT2D eigenvalue weighted by Crippen LogP contribution is -2.22. The molecule has 6 heteroatoms. The fourth-order valence-corrected chi connectivity index (χ4v) is 1.90. The molecule has 1 heterocycles. The number of fused-ring (bicyclic) bond motifs is 1. The van der Waals surface area contributed by atoms with Gasteiger partial charge in [0.25, 0.3) is 11.5 Å². The van der Waals surface area contributed by atoms with E-state index in [1.165, 1.54) is 0 Å². The standard InChI is InChI=1S/C15H12N4O2/c20-14-12-8-4-5-9-13(12)17-15(19(14)21)18-16-10-11-6-2-1-3-7-11/h1-10,21H,(H,17,18). The van der Waals surface area contributed by atoms with Crippen molar-refractivity contribution in [1.82, 2.24) is 9.71 Å². The molecule has 6 nitrogen and oxygen atoms in total. The van der Waals surface area contributed by atoms with Crippen molar-refractivity contribution in [1.29, 1.82) is 0 Å². The number of anilines is 1. The summed E-state index contributed by atoms with van der Waals surface area (Å²) in [4.78, 5) is 16.1. The first-order valence-corrected chi connectivity index (χ1v) is 6.31. The number of hydrogen-bond acceptors (Lipinski definition) is 5. The molecular formula is C15H12N4O2. The predicted molar refractivity (Wildman–Crippen MR) is 80.8 cm³/mol. The van der Waals surface area contributed by atoms with Gasteiger partial charge in [-0.1, -0.05) is 42.5 Å². The molecule has 21 heavy (non-hydrogen) atoms. The van der Waals surface area contributed by atoms with E-state index in [2.05, 4.69) is 15.5 Å². The van der Waals surface area contributed by atoms with Crippen molar-refractivity contribution in [3.05, 3.63) is 70.5 Å². The zero-order valence-electron chi connectivity index (χ0n) is 11.0. The fraction of sp³-hybridized carbons (Fsp3) is 0. The second kappa shape index (κ2) is 5.46. The lowest BCUT2D eigenvalue weighted by molar-refractivity contribution is 0.179. The Morgan fingerprint density at radius 3 is 2.62 bits per heavy atom. The maximum absolute atomic E-state index is 12.0. The van der Waals surface area contributed by atoms with Gasteiger partial charge in [0.2, 0.25) is 0 Å². The highest BCUT2D eigenvalue weighted by Crippen LogP contribution is 2.09. The van der Waals surface area contributed by atoms with Crippen molar-refractivity contribution in [2.24, 2.45) is 5.10 Å². The van der Waals surface area contributed by atoms with Crippen LogP contribution in [0.25, 0.3) is 10.9 Å². The Hall–Kier alpha value is -3.15. The highest BCUT2D eigenvalue weighted by atomic mass is 16.5. The van der Waals surface area contributed by atoms with Gasteiger partial charge in [-0.05, 0) is 17.7 Å². The van der Waals surface area contributed by atoms with Crippen LogP contribution in [-0.4, -0.2) is 21.1 Å². The van der Waals surface area contributed by atoms with Crippen LogP contribution in [0.5, 0.6) is 0 Å². The Morgan fingerprint density at radius 2 is 1.81 bits per heavy atom. The summed E-state index contributed by atoms with van der Waals surface area (Å²) in [6.45, 7) is 0. The molecular weight excluding hydrogens is 268 g/mol. The number of benzene rings is 2. The van der Waals surface area contributed by atoms with Crippen molar-refractivity contribution >= 4 is 23.1 Å². The first-order chi connectivity index (χ1) is 10.3. The molecule has 0 fully saturated rings. The molecule has 0 spiro atoms. The third-order valence-electron chi connectivity index (χ3n) is 2.93. The molecule has 3 aromatic rings. The fourth-order valence-electron chi connectivity index (χ4n) is 1.90. The Kier molecular flexibility index (Phi) is 3.34. The minimum atomic E-state index is -0.544. The van der Waals surface area contributed by atoms with Crippen LogP contribution in [0.2, 0.25) is 0 Å². The summed E-state index contributed by atoms with van der Waals surface area (Å²) >= 11 is 0. The number of para-hydroxylation sites is 1. The highest BCUT2D eigenvalue weighted by Gasteiger charge is 2.08. The van der Waals surface area contributed by atoms with Gasteiger partial charge in [-0.15, -0.1) is 4.73 Å². The summed E-state index contributed by atoms with van der Waals surface area (Å²) in [6, 6.07) is 16.2. The van der Waals surface area contributed by atoms with Gasteiger partial charge in [0.05, 0.1) is 17.1 Å². The minimum absolute atomic E-state index is 0.0362. The summed E-state index contributed by atoms with van der Waals surface area (Å²) in [6.07, 6.45) is 1.57. The summed E-state index contributed by atoms with van der Waals surface area (Å²) in [5, 5.41) is 14.1. The largest absolute Gasteiger partial charge is 0.422 e. The number of hydrogen-bond donors (Lipinski definition) is 2. The Labute approximate surface area is 120 Å². The molecule has 0 aliphatic heterocycles. The summed E-state index contributed by atoms with van der Waals surface area (Å²) in [7, 11) is 0. The van der Waals surface area contributed by atoms with Crippen LogP contribution in [0.4, 0.5) is 5.95 Å². The Balaban J connectivity index is 1.93. The van der Waals surface area contributed by atoms with E-state index >= 15 is 0 Å². The quantitative estimate of drug-likeness (QED) is 0.437. The van der Waals surface area contributed by atoms with Crippen LogP contribution in [-0.2, 0) is 0 Å². The van der Waals surface area contributed by atoms with Crippen molar-refractivity contribution in [2.45, 2.75) is 0 Å². The van der Waals surface area contributed by atoms with E-state index in [0.717, 1.165) is 5.56 Å². The molecule has 0 saturated carbocycles. The van der Waals surface area contributed by atoms with Gasteiger partial charge in [0, 0.05) is 0 Å². The van der Waals surface area contributed by atoms with E-state index in [4.69, 9.17) is 0 Å². The maximum Gasteiger partial charge on any atom is 0.295 e. The smallest absolute Gasteiger partial charge is 0.295 e. The summed E-state index contributed by atoms with van der Waals surface area (Å²) in [5.74, 6) is -0.0362. The molecule has 0 amide bonds. The van der Waals surface area contributed by atoms with Crippen molar-refractivity contribution < 1.29 is 5.21 Å². The normalized spacial score (nSPS) is 11.0. The third kappa shape index (κ3) is 2.59. The average Bonchev–Trinajstić information content (AvgIpc) is 2.53. The third-order valence-corrected chi connectivity index (χ3v) is 2.93. The van der Waals surface area contributed by atoms with Crippen LogP contribution < -0.4 is 11.0 Å². The topological polar surface area (TPSA) is 79.5 Å². The lowest BCUT2D eigenvalue weighted by Gasteiger charge is -2.05. The van der Waals surface area contributed by atoms with Crippen LogP contribution in [0.3, 0.4) is 0 Å². The van der Waals surface area contributed by atoms with E-state index in [-0.39, 0.29) is 5.95 Å². The van der Waals surface area contributed by atoms with E-state index in [9.17, 15) is 10.0 Å². The van der Waals surface area contributed by atoms with Crippen LogP contribution in [0.15, 0.2) is 64.5 Å². The van der Waals surface area contributed by atoms with Gasteiger partial charge in [0.1, 0.15) is 0 Å². The van der Waals surface area contributed by atoms with E-state index < -0.39 is 5.56 Å². The number of nitrogens with zero attached hydrogens (tertiary/aromatic N) is 3. The number of aromatic nitrogens is 2. The van der Waals surface area contributed by atoms with Crippen molar-refractivity contribution in [3.8, 4) is 0 Å². The zero-order chi connectivity index (χ0) is 14.7. The number of hydrazone groups is 1. The molecule has 0 unspecified atom stereocenters. The van der Waals surface area contributed by atoms with E-state index in [1.807, 2.05) is 30.3 Å². The molecule has 1 aromatic heterocycles. The van der Waals surface area contributed by atoms with Crippen molar-refractivity contribution in [2.75, 3.05) is 5.43 Å². The van der Waals surface area contributed by atoms with Gasteiger partial charge in [-0.25, -0.2) is 10.4 Å². The minimum Gasteiger partial charge on any atom is -0.422 e. The second-order valence-corrected chi connectivity index (χ2v) is 4.35. The second-order valence-electron chi connectivity index (χ2n) is 4.35. The maximum atomic E-state index is 12.0. The highest BCUT2D eigenvalue weighted by molar-refractivity contribution is 5.80. The molecule has 2 aromatic carbocycles. The van der Waals surface area contributed by atoms with Crippen molar-refractivity contribution in [3.63, 3.8) is 0 Å². The summed E-state index contributed by atoms with van der Waals surface area (Å²) < 4.78 is 0.449. The van der Waals surface area contributed by atoms with Crippen LogP contribution >= 0.6 is 0 Å². The SMILES string of the molecule is O=c1c2ccccc2nc(NN=Cc2ccccc2)n1O. The van der Waals surface area contributed by atoms with Gasteiger partial charge < -0.3 is 5.21 Å². The summed E-state index contributed by atoms with van der Waals surface area (Å²) in [5.41, 5.74) is 3.40. The van der Waals surface area contributed by atoms with Gasteiger partial charge in [0.15, 0.2) is 0 Å². The molecule has 0 aliphatic carbocycles. The van der Waals surface area contributed by atoms with Gasteiger partial charge >= 0.3 is 0 Å². The van der Waals surface area contributed by atoms with Gasteiger partial charge in [-0.3, -0.25) is 4.79 Å². The Bertz CT molecular complexity index is 856. The molecule has 2 N–H and O–H groups in total. The average molecular weight is 280 g/mol. The molecule has 0 atom stereocenters. The van der Waals surface area contributed by atoms with Crippen LogP contribution in [0.1, 0.15) is 5.56 Å². The molecule has 0 radical (unpaired) electrons. The van der Waals surface area contributed by atoms with Gasteiger partial charge in [-0.2, -0.15) is 5.10 Å². The first-order valence-electron chi connectivity index (χ1n) is 6.31. The predicted octanol–water partition coefficient (Wildman–Crippen LogP) is 2.08. The Morgan fingerprint density at radius 1 is 1.10 bits per heavy atom. The number of rotatable bonds is 3. The van der Waals surface area contributed by atoms with E-state index in [0.29, 0.717) is 15.6 Å². The monoisotopic (exact) mass is 280 g/mol. The molecule has 104 valence electrons. The molecule has 0 saturated heterocycles. The molecule has 0 bridgehead atoms. The van der Waals surface area contributed by atoms with Crippen LogP contribution in [0, 0.1) is 0 Å². The lowest BCUT2D eigenvalue weighted by atomic mass is 10.2. The molecule has 3 rings (SSSR count).